The number of fused-ring (bicyclic) bond motifs is 2. The van der Waals surface area contributed by atoms with Crippen molar-refractivity contribution in [3.8, 4) is 0 Å². The Labute approximate surface area is 130 Å². The predicted octanol–water partition coefficient (Wildman–Crippen LogP) is 1.60. The Morgan fingerprint density at radius 3 is 2.82 bits per heavy atom. The number of carbonyl (C=O) groups is 1. The molecule has 0 atom stereocenters. The highest BCUT2D eigenvalue weighted by Crippen LogP contribution is 2.22. The van der Waals surface area contributed by atoms with Gasteiger partial charge in [0.2, 0.25) is 0 Å². The first kappa shape index (κ1) is 13.5. The van der Waals surface area contributed by atoms with Crippen molar-refractivity contribution in [1.29, 1.82) is 0 Å². The lowest BCUT2D eigenvalue weighted by Gasteiger charge is -2.10. The zero-order valence-electron chi connectivity index (χ0n) is 12.5. The van der Waals surface area contributed by atoms with Crippen LogP contribution in [0.2, 0.25) is 0 Å². The van der Waals surface area contributed by atoms with Gasteiger partial charge in [-0.15, -0.1) is 0 Å². The molecule has 0 fully saturated rings. The van der Waals surface area contributed by atoms with Gasteiger partial charge in [-0.25, -0.2) is 0 Å². The van der Waals surface area contributed by atoms with Gasteiger partial charge in [0.1, 0.15) is 0 Å². The first-order chi connectivity index (χ1) is 10.8. The molecule has 0 spiro atoms. The highest BCUT2D eigenvalue weighted by Gasteiger charge is 2.23. The Kier molecular flexibility index (Phi) is 3.39. The summed E-state index contributed by atoms with van der Waals surface area (Å²) in [6.45, 7) is 2.72. The maximum atomic E-state index is 12.0. The molecule has 2 N–H and O–H groups in total. The normalized spacial score (nSPS) is 16.6. The minimum atomic E-state index is 0.0112. The summed E-state index contributed by atoms with van der Waals surface area (Å²) in [4.78, 5) is 16.4. The van der Waals surface area contributed by atoms with Crippen LogP contribution < -0.4 is 10.6 Å². The van der Waals surface area contributed by atoms with Crippen LogP contribution in [0.1, 0.15) is 38.3 Å². The van der Waals surface area contributed by atoms with E-state index in [4.69, 9.17) is 0 Å². The van der Waals surface area contributed by atoms with Crippen LogP contribution in [0.5, 0.6) is 0 Å². The lowest BCUT2D eigenvalue weighted by Crippen LogP contribution is -2.16. The van der Waals surface area contributed by atoms with Crippen LogP contribution in [-0.2, 0) is 25.8 Å². The monoisotopic (exact) mass is 293 g/mol. The van der Waals surface area contributed by atoms with Gasteiger partial charge in [0.05, 0.1) is 11.3 Å². The van der Waals surface area contributed by atoms with Crippen molar-refractivity contribution in [3.63, 3.8) is 0 Å². The summed E-state index contributed by atoms with van der Waals surface area (Å²) in [7, 11) is 0. The number of benzene rings is 1. The quantitative estimate of drug-likeness (QED) is 0.884. The van der Waals surface area contributed by atoms with Crippen molar-refractivity contribution in [2.75, 3.05) is 13.1 Å². The molecule has 2 aromatic rings. The Bertz CT molecular complexity index is 739. The molecule has 1 aromatic carbocycles. The van der Waals surface area contributed by atoms with E-state index < -0.39 is 0 Å². The number of nitrogens with zero attached hydrogens (tertiary/aromatic N) is 1. The van der Waals surface area contributed by atoms with E-state index in [9.17, 15) is 4.79 Å². The molecule has 0 radical (unpaired) electrons. The molecule has 0 saturated heterocycles. The van der Waals surface area contributed by atoms with Crippen molar-refractivity contribution < 1.29 is 4.79 Å². The third-order valence-electron chi connectivity index (χ3n) is 4.57. The molecule has 22 heavy (non-hydrogen) atoms. The van der Waals surface area contributed by atoms with E-state index in [1.807, 2.05) is 12.3 Å². The molecule has 4 heteroatoms. The maximum Gasteiger partial charge on any atom is 0.253 e. The Hall–Kier alpha value is -2.20. The van der Waals surface area contributed by atoms with E-state index in [2.05, 4.69) is 33.8 Å². The maximum absolute atomic E-state index is 12.0. The van der Waals surface area contributed by atoms with Gasteiger partial charge >= 0.3 is 0 Å². The number of hydrogen-bond donors (Lipinski definition) is 2. The summed E-state index contributed by atoms with van der Waals surface area (Å²) in [5, 5.41) is 6.32. The van der Waals surface area contributed by atoms with Gasteiger partial charge in [-0.05, 0) is 54.3 Å². The molecule has 1 aromatic heterocycles. The number of pyridine rings is 1. The first-order valence-electron chi connectivity index (χ1n) is 7.87. The zero-order chi connectivity index (χ0) is 14.9. The van der Waals surface area contributed by atoms with E-state index in [1.165, 1.54) is 16.7 Å². The fourth-order valence-corrected chi connectivity index (χ4v) is 3.40. The highest BCUT2D eigenvalue weighted by molar-refractivity contribution is 5.99. The molecule has 2 aliphatic rings. The molecule has 112 valence electrons. The SMILES string of the molecule is O=C1NCc2ccnc(Cc3ccc4c(c3)CCNCC4)c21. The van der Waals surface area contributed by atoms with Crippen molar-refractivity contribution in [2.45, 2.75) is 25.8 Å². The van der Waals surface area contributed by atoms with E-state index in [1.54, 1.807) is 0 Å². The number of aromatic nitrogens is 1. The van der Waals surface area contributed by atoms with Gasteiger partial charge in [0, 0.05) is 19.2 Å². The van der Waals surface area contributed by atoms with Crippen LogP contribution >= 0.6 is 0 Å². The molecule has 0 aliphatic carbocycles. The van der Waals surface area contributed by atoms with Crippen LogP contribution in [-0.4, -0.2) is 24.0 Å². The molecule has 4 nitrogen and oxygen atoms in total. The van der Waals surface area contributed by atoms with Crippen LogP contribution in [0.15, 0.2) is 30.5 Å². The Morgan fingerprint density at radius 2 is 1.91 bits per heavy atom. The second-order valence-electron chi connectivity index (χ2n) is 6.00. The molecule has 1 amide bonds. The highest BCUT2D eigenvalue weighted by atomic mass is 16.1. The number of nitrogens with one attached hydrogen (secondary N) is 2. The van der Waals surface area contributed by atoms with Crippen molar-refractivity contribution in [2.24, 2.45) is 0 Å². The summed E-state index contributed by atoms with van der Waals surface area (Å²) < 4.78 is 0. The molecular weight excluding hydrogens is 274 g/mol. The minimum Gasteiger partial charge on any atom is -0.348 e. The molecular formula is C18H19N3O. The van der Waals surface area contributed by atoms with E-state index >= 15 is 0 Å². The summed E-state index contributed by atoms with van der Waals surface area (Å²) in [5.74, 6) is 0.0112. The number of amides is 1. The Balaban J connectivity index is 1.66. The van der Waals surface area contributed by atoms with Crippen LogP contribution in [0.25, 0.3) is 0 Å². The fourth-order valence-electron chi connectivity index (χ4n) is 3.40. The first-order valence-corrected chi connectivity index (χ1v) is 7.87. The van der Waals surface area contributed by atoms with Gasteiger partial charge < -0.3 is 10.6 Å². The molecule has 0 saturated carbocycles. The average molecular weight is 293 g/mol. The third kappa shape index (κ3) is 2.40. The van der Waals surface area contributed by atoms with Crippen LogP contribution in [0, 0.1) is 0 Å². The minimum absolute atomic E-state index is 0.0112. The summed E-state index contributed by atoms with van der Waals surface area (Å²) in [6.07, 6.45) is 4.69. The fraction of sp³-hybridized carbons (Fsp3) is 0.333. The summed E-state index contributed by atoms with van der Waals surface area (Å²) >= 11 is 0. The average Bonchev–Trinajstić information content (AvgIpc) is 2.77. The topological polar surface area (TPSA) is 54.0 Å². The number of hydrogen-bond acceptors (Lipinski definition) is 3. The van der Waals surface area contributed by atoms with E-state index in [0.717, 1.165) is 49.2 Å². The van der Waals surface area contributed by atoms with Gasteiger partial charge in [-0.3, -0.25) is 9.78 Å². The molecule has 2 aliphatic heterocycles. The Morgan fingerprint density at radius 1 is 1.05 bits per heavy atom. The van der Waals surface area contributed by atoms with E-state index in [-0.39, 0.29) is 5.91 Å². The van der Waals surface area contributed by atoms with Crippen molar-refractivity contribution in [1.82, 2.24) is 15.6 Å². The van der Waals surface area contributed by atoms with Gasteiger partial charge in [0.25, 0.3) is 5.91 Å². The molecule has 0 unspecified atom stereocenters. The molecule has 4 rings (SSSR count). The molecule has 3 heterocycles. The predicted molar refractivity (Wildman–Crippen MR) is 84.9 cm³/mol. The van der Waals surface area contributed by atoms with Crippen molar-refractivity contribution >= 4 is 5.91 Å². The number of rotatable bonds is 2. The van der Waals surface area contributed by atoms with Crippen molar-refractivity contribution in [3.05, 3.63) is 64.0 Å². The lowest BCUT2D eigenvalue weighted by molar-refractivity contribution is 0.0964. The second-order valence-corrected chi connectivity index (χ2v) is 6.00. The largest absolute Gasteiger partial charge is 0.348 e. The summed E-state index contributed by atoms with van der Waals surface area (Å²) in [5.41, 5.74) is 6.84. The van der Waals surface area contributed by atoms with Gasteiger partial charge in [-0.1, -0.05) is 18.2 Å². The lowest BCUT2D eigenvalue weighted by atomic mass is 9.96. The van der Waals surface area contributed by atoms with Gasteiger partial charge in [0.15, 0.2) is 0 Å². The van der Waals surface area contributed by atoms with Crippen LogP contribution in [0.3, 0.4) is 0 Å². The van der Waals surface area contributed by atoms with Crippen LogP contribution in [0.4, 0.5) is 0 Å². The smallest absolute Gasteiger partial charge is 0.253 e. The van der Waals surface area contributed by atoms with Gasteiger partial charge in [-0.2, -0.15) is 0 Å². The summed E-state index contributed by atoms with van der Waals surface area (Å²) in [6, 6.07) is 8.63. The zero-order valence-corrected chi connectivity index (χ0v) is 12.5. The standard InChI is InChI=1S/C18H19N3O/c22-18-17-15(11-21-18)5-8-20-16(17)10-12-1-2-13-3-6-19-7-4-14(13)9-12/h1-2,5,8-9,19H,3-4,6-7,10-11H2,(H,21,22). The molecule has 0 bridgehead atoms. The number of carbonyl (C=O) groups excluding carboxylic acids is 1. The second kappa shape index (κ2) is 5.54. The van der Waals surface area contributed by atoms with E-state index in [0.29, 0.717) is 6.54 Å². The third-order valence-corrected chi connectivity index (χ3v) is 4.57.